The van der Waals surface area contributed by atoms with Crippen molar-refractivity contribution in [2.75, 3.05) is 17.4 Å². The second-order valence-corrected chi connectivity index (χ2v) is 5.56. The maximum absolute atomic E-state index is 12.3. The number of fused-ring (bicyclic) bond motifs is 1. The van der Waals surface area contributed by atoms with Crippen molar-refractivity contribution in [3.05, 3.63) is 34.8 Å². The molecule has 0 aliphatic carbocycles. The van der Waals surface area contributed by atoms with Gasteiger partial charge in [0.1, 0.15) is 5.01 Å². The van der Waals surface area contributed by atoms with E-state index in [1.54, 1.807) is 16.8 Å². The van der Waals surface area contributed by atoms with Gasteiger partial charge in [-0.2, -0.15) is 0 Å². The van der Waals surface area contributed by atoms with Gasteiger partial charge in [0.2, 0.25) is 5.13 Å². The van der Waals surface area contributed by atoms with E-state index in [-0.39, 0.29) is 6.03 Å². The smallest absolute Gasteiger partial charge is 0.323 e. The lowest BCUT2D eigenvalue weighted by Gasteiger charge is -2.34. The predicted molar refractivity (Wildman–Crippen MR) is 77.2 cm³/mol. The minimum absolute atomic E-state index is 0.0406. The average molecular weight is 290 g/mol. The Kier molecular flexibility index (Phi) is 3.25. The summed E-state index contributed by atoms with van der Waals surface area (Å²) in [5.41, 5.74) is 4.50. The molecule has 1 aliphatic heterocycles. The van der Waals surface area contributed by atoms with Crippen molar-refractivity contribution in [3.8, 4) is 0 Å². The van der Waals surface area contributed by atoms with Crippen molar-refractivity contribution in [2.24, 2.45) is 5.84 Å². The number of hydrogen-bond donors (Lipinski definition) is 2. The molecule has 0 unspecified atom stereocenters. The fraction of sp³-hybridized carbons (Fsp3) is 0.250. The SMILES string of the molecule is CN1Cc2ccccc2N(Cc2nnc(NN)s2)C1=O. The number of rotatable bonds is 3. The third-order valence-corrected chi connectivity index (χ3v) is 3.97. The van der Waals surface area contributed by atoms with Crippen LogP contribution in [0.2, 0.25) is 0 Å². The number of amides is 2. The Morgan fingerprint density at radius 2 is 2.20 bits per heavy atom. The number of carbonyl (C=O) groups excluding carboxylic acids is 1. The minimum atomic E-state index is -0.0406. The van der Waals surface area contributed by atoms with Gasteiger partial charge in [0.05, 0.1) is 12.2 Å². The van der Waals surface area contributed by atoms with Gasteiger partial charge in [0.15, 0.2) is 0 Å². The van der Waals surface area contributed by atoms with Crippen LogP contribution < -0.4 is 16.2 Å². The molecule has 8 heteroatoms. The summed E-state index contributed by atoms with van der Waals surface area (Å²) < 4.78 is 0. The molecule has 1 aromatic carbocycles. The van der Waals surface area contributed by atoms with Crippen molar-refractivity contribution < 1.29 is 4.79 Å². The van der Waals surface area contributed by atoms with Gasteiger partial charge in [-0.05, 0) is 11.6 Å². The van der Waals surface area contributed by atoms with Crippen LogP contribution in [0.5, 0.6) is 0 Å². The molecule has 1 aliphatic rings. The van der Waals surface area contributed by atoms with Gasteiger partial charge >= 0.3 is 6.03 Å². The number of hydrazine groups is 1. The number of aromatic nitrogens is 2. The lowest BCUT2D eigenvalue weighted by Crippen LogP contribution is -2.44. The first-order valence-electron chi connectivity index (χ1n) is 6.08. The number of para-hydroxylation sites is 1. The molecule has 20 heavy (non-hydrogen) atoms. The lowest BCUT2D eigenvalue weighted by molar-refractivity contribution is 0.210. The Labute approximate surface area is 120 Å². The molecule has 3 rings (SSSR count). The Balaban J connectivity index is 1.92. The second-order valence-electron chi connectivity index (χ2n) is 4.50. The summed E-state index contributed by atoms with van der Waals surface area (Å²) in [6.45, 7) is 1.01. The van der Waals surface area contributed by atoms with E-state index >= 15 is 0 Å². The summed E-state index contributed by atoms with van der Waals surface area (Å²) in [4.78, 5) is 15.7. The fourth-order valence-corrected chi connectivity index (χ4v) is 2.84. The zero-order chi connectivity index (χ0) is 14.1. The van der Waals surface area contributed by atoms with Gasteiger partial charge < -0.3 is 4.90 Å². The molecular formula is C12H14N6OS. The number of nitrogens with one attached hydrogen (secondary N) is 1. The van der Waals surface area contributed by atoms with E-state index in [0.29, 0.717) is 18.2 Å². The fourth-order valence-electron chi connectivity index (χ4n) is 2.20. The number of nitrogens with two attached hydrogens (primary N) is 1. The van der Waals surface area contributed by atoms with Crippen molar-refractivity contribution in [1.29, 1.82) is 0 Å². The molecule has 0 saturated heterocycles. The molecule has 7 nitrogen and oxygen atoms in total. The summed E-state index contributed by atoms with van der Waals surface area (Å²) in [5.74, 6) is 5.29. The van der Waals surface area contributed by atoms with Gasteiger partial charge in [-0.25, -0.2) is 10.6 Å². The first-order chi connectivity index (χ1) is 9.69. The summed E-state index contributed by atoms with van der Waals surface area (Å²) in [6.07, 6.45) is 0. The second kappa shape index (κ2) is 5.06. The number of nitrogen functional groups attached to an aromatic ring is 1. The summed E-state index contributed by atoms with van der Waals surface area (Å²) in [6, 6.07) is 7.84. The highest BCUT2D eigenvalue weighted by molar-refractivity contribution is 7.15. The Hall–Kier alpha value is -2.19. The summed E-state index contributed by atoms with van der Waals surface area (Å²) >= 11 is 1.33. The van der Waals surface area contributed by atoms with Crippen molar-refractivity contribution in [2.45, 2.75) is 13.1 Å². The number of hydrogen-bond acceptors (Lipinski definition) is 6. The van der Waals surface area contributed by atoms with E-state index in [4.69, 9.17) is 5.84 Å². The van der Waals surface area contributed by atoms with Gasteiger partial charge in [-0.3, -0.25) is 10.3 Å². The van der Waals surface area contributed by atoms with E-state index in [1.165, 1.54) is 11.3 Å². The molecular weight excluding hydrogens is 276 g/mol. The van der Waals surface area contributed by atoms with Crippen LogP contribution in [0, 0.1) is 0 Å². The number of benzene rings is 1. The van der Waals surface area contributed by atoms with Crippen LogP contribution in [0.15, 0.2) is 24.3 Å². The molecule has 2 heterocycles. The Morgan fingerprint density at radius 1 is 1.40 bits per heavy atom. The van der Waals surface area contributed by atoms with Gasteiger partial charge in [-0.15, -0.1) is 10.2 Å². The third-order valence-electron chi connectivity index (χ3n) is 3.13. The molecule has 2 amide bonds. The molecule has 2 aromatic rings. The lowest BCUT2D eigenvalue weighted by atomic mass is 10.1. The Morgan fingerprint density at radius 3 is 2.95 bits per heavy atom. The maximum Gasteiger partial charge on any atom is 0.324 e. The standard InChI is InChI=1S/C12H14N6OS/c1-17-6-8-4-2-3-5-9(8)18(12(17)19)7-10-15-16-11(14-13)20-10/h2-5H,6-7,13H2,1H3,(H,14,16). The van der Waals surface area contributed by atoms with Crippen molar-refractivity contribution in [1.82, 2.24) is 15.1 Å². The van der Waals surface area contributed by atoms with Crippen molar-refractivity contribution >= 4 is 28.2 Å². The molecule has 1 aromatic heterocycles. The molecule has 0 bridgehead atoms. The van der Waals surface area contributed by atoms with Crippen LogP contribution in [0.25, 0.3) is 0 Å². The summed E-state index contributed by atoms with van der Waals surface area (Å²) in [7, 11) is 1.79. The van der Waals surface area contributed by atoms with E-state index in [9.17, 15) is 4.79 Å². The quantitative estimate of drug-likeness (QED) is 0.659. The minimum Gasteiger partial charge on any atom is -0.323 e. The van der Waals surface area contributed by atoms with Crippen LogP contribution in [0.4, 0.5) is 15.6 Å². The van der Waals surface area contributed by atoms with E-state index in [0.717, 1.165) is 16.3 Å². The normalized spacial score (nSPS) is 14.4. The number of anilines is 2. The van der Waals surface area contributed by atoms with Crippen LogP contribution in [-0.2, 0) is 13.1 Å². The first kappa shape index (κ1) is 12.8. The Bertz CT molecular complexity index is 642. The first-order valence-corrected chi connectivity index (χ1v) is 6.90. The highest BCUT2D eigenvalue weighted by atomic mass is 32.1. The average Bonchev–Trinajstić information content (AvgIpc) is 2.91. The highest BCUT2D eigenvalue weighted by Crippen LogP contribution is 2.29. The molecule has 3 N–H and O–H groups in total. The summed E-state index contributed by atoms with van der Waals surface area (Å²) in [5, 5.41) is 9.17. The molecule has 0 fully saturated rings. The third kappa shape index (κ3) is 2.19. The zero-order valence-corrected chi connectivity index (χ0v) is 11.7. The van der Waals surface area contributed by atoms with E-state index < -0.39 is 0 Å². The molecule has 0 atom stereocenters. The zero-order valence-electron chi connectivity index (χ0n) is 10.9. The molecule has 0 saturated carbocycles. The van der Waals surface area contributed by atoms with Gasteiger partial charge in [0, 0.05) is 13.6 Å². The molecule has 0 radical (unpaired) electrons. The largest absolute Gasteiger partial charge is 0.324 e. The van der Waals surface area contributed by atoms with E-state index in [2.05, 4.69) is 15.6 Å². The van der Waals surface area contributed by atoms with E-state index in [1.807, 2.05) is 24.3 Å². The van der Waals surface area contributed by atoms with Gasteiger partial charge in [-0.1, -0.05) is 29.5 Å². The van der Waals surface area contributed by atoms with Gasteiger partial charge in [0.25, 0.3) is 0 Å². The van der Waals surface area contributed by atoms with Crippen LogP contribution in [0.1, 0.15) is 10.6 Å². The van der Waals surface area contributed by atoms with Crippen LogP contribution >= 0.6 is 11.3 Å². The molecule has 0 spiro atoms. The predicted octanol–water partition coefficient (Wildman–Crippen LogP) is 1.40. The van der Waals surface area contributed by atoms with Crippen molar-refractivity contribution in [3.63, 3.8) is 0 Å². The van der Waals surface area contributed by atoms with Crippen LogP contribution in [0.3, 0.4) is 0 Å². The van der Waals surface area contributed by atoms with Crippen LogP contribution in [-0.4, -0.2) is 28.2 Å². The number of urea groups is 1. The topological polar surface area (TPSA) is 87.4 Å². The highest BCUT2D eigenvalue weighted by Gasteiger charge is 2.28. The molecule has 104 valence electrons. The maximum atomic E-state index is 12.3. The number of nitrogens with zero attached hydrogens (tertiary/aromatic N) is 4. The number of carbonyl (C=O) groups is 1. The monoisotopic (exact) mass is 290 g/mol.